The summed E-state index contributed by atoms with van der Waals surface area (Å²) >= 11 is 0. The molecule has 0 saturated carbocycles. The zero-order valence-corrected chi connectivity index (χ0v) is 13.0. The van der Waals surface area contributed by atoms with Gasteiger partial charge in [0.25, 0.3) is 5.91 Å². The van der Waals surface area contributed by atoms with Crippen molar-refractivity contribution in [1.29, 1.82) is 0 Å². The summed E-state index contributed by atoms with van der Waals surface area (Å²) in [5.41, 5.74) is 4.92. The van der Waals surface area contributed by atoms with E-state index in [4.69, 9.17) is 13.9 Å². The second-order valence-electron chi connectivity index (χ2n) is 5.18. The highest BCUT2D eigenvalue weighted by atomic mass is 16.6. The summed E-state index contributed by atoms with van der Waals surface area (Å²) in [6.07, 6.45) is 1.10. The molecule has 1 aliphatic heterocycles. The molecule has 3 amide bonds. The number of urea groups is 1. The second kappa shape index (κ2) is 6.95. The van der Waals surface area contributed by atoms with Gasteiger partial charge in [-0.25, -0.2) is 10.2 Å². The van der Waals surface area contributed by atoms with Crippen LogP contribution in [0.4, 0.5) is 4.79 Å². The van der Waals surface area contributed by atoms with Gasteiger partial charge in [0.2, 0.25) is 0 Å². The van der Waals surface area contributed by atoms with Crippen molar-refractivity contribution in [2.75, 3.05) is 13.2 Å². The predicted molar refractivity (Wildman–Crippen MR) is 83.8 cm³/mol. The van der Waals surface area contributed by atoms with Crippen LogP contribution in [0.3, 0.4) is 0 Å². The second-order valence-corrected chi connectivity index (χ2v) is 5.18. The van der Waals surface area contributed by atoms with E-state index in [1.165, 1.54) is 12.3 Å². The number of aryl methyl sites for hydroxylation is 1. The minimum Gasteiger partial charge on any atom is -0.486 e. The van der Waals surface area contributed by atoms with Crippen LogP contribution >= 0.6 is 0 Å². The fraction of sp³-hybridized carbons (Fsp3) is 0.250. The van der Waals surface area contributed by atoms with Gasteiger partial charge >= 0.3 is 6.03 Å². The average molecular weight is 331 g/mol. The minimum atomic E-state index is -0.549. The highest BCUT2D eigenvalue weighted by Crippen LogP contribution is 2.30. The monoisotopic (exact) mass is 331 g/mol. The zero-order valence-electron chi connectivity index (χ0n) is 13.0. The van der Waals surface area contributed by atoms with Crippen molar-refractivity contribution in [2.24, 2.45) is 0 Å². The molecule has 0 unspecified atom stereocenters. The predicted octanol–water partition coefficient (Wildman–Crippen LogP) is 1.37. The van der Waals surface area contributed by atoms with E-state index >= 15 is 0 Å². The number of amides is 3. The van der Waals surface area contributed by atoms with Crippen LogP contribution in [-0.2, 0) is 0 Å². The van der Waals surface area contributed by atoms with E-state index in [0.29, 0.717) is 29.4 Å². The summed E-state index contributed by atoms with van der Waals surface area (Å²) in [4.78, 5) is 23.5. The SMILES string of the molecule is Cc1occc1C(=O)NNC(=O)NC[C@@H]1COc2ccccc2O1. The Morgan fingerprint density at radius 1 is 1.17 bits per heavy atom. The van der Waals surface area contributed by atoms with Crippen molar-refractivity contribution in [1.82, 2.24) is 16.2 Å². The lowest BCUT2D eigenvalue weighted by molar-refractivity contribution is 0.0901. The van der Waals surface area contributed by atoms with Crippen molar-refractivity contribution >= 4 is 11.9 Å². The number of carbonyl (C=O) groups is 2. The molecule has 0 spiro atoms. The molecule has 0 aliphatic carbocycles. The standard InChI is InChI=1S/C16H17N3O5/c1-10-12(6-7-22-10)15(20)18-19-16(21)17-8-11-9-23-13-4-2-3-5-14(13)24-11/h2-7,11H,8-9H2,1H3,(H,18,20)(H2,17,19,21)/t11-/m1/s1. The van der Waals surface area contributed by atoms with Gasteiger partial charge in [0.1, 0.15) is 12.4 Å². The third-order valence-electron chi connectivity index (χ3n) is 3.45. The normalized spacial score (nSPS) is 15.5. The molecule has 8 heteroatoms. The maximum Gasteiger partial charge on any atom is 0.333 e. The smallest absolute Gasteiger partial charge is 0.333 e. The molecule has 3 rings (SSSR count). The van der Waals surface area contributed by atoms with Gasteiger partial charge in [-0.05, 0) is 25.1 Å². The molecule has 1 aromatic carbocycles. The van der Waals surface area contributed by atoms with Gasteiger partial charge in [0.15, 0.2) is 17.6 Å². The summed E-state index contributed by atoms with van der Waals surface area (Å²) < 4.78 is 16.3. The van der Waals surface area contributed by atoms with Gasteiger partial charge in [-0.15, -0.1) is 0 Å². The Balaban J connectivity index is 1.42. The van der Waals surface area contributed by atoms with Crippen LogP contribution in [0.5, 0.6) is 11.5 Å². The topological polar surface area (TPSA) is 102 Å². The van der Waals surface area contributed by atoms with Crippen molar-refractivity contribution in [3.05, 3.63) is 47.9 Å². The lowest BCUT2D eigenvalue weighted by Crippen LogP contribution is -2.50. The summed E-state index contributed by atoms with van der Waals surface area (Å²) in [5.74, 6) is 1.34. The Morgan fingerprint density at radius 3 is 2.71 bits per heavy atom. The first kappa shape index (κ1) is 15.7. The van der Waals surface area contributed by atoms with Crippen LogP contribution in [0.15, 0.2) is 41.0 Å². The van der Waals surface area contributed by atoms with Gasteiger partial charge in [-0.2, -0.15) is 0 Å². The molecule has 1 aromatic heterocycles. The quantitative estimate of drug-likeness (QED) is 0.737. The van der Waals surface area contributed by atoms with Crippen LogP contribution in [0.25, 0.3) is 0 Å². The van der Waals surface area contributed by atoms with Crippen LogP contribution in [0, 0.1) is 6.92 Å². The van der Waals surface area contributed by atoms with E-state index < -0.39 is 11.9 Å². The molecule has 0 bridgehead atoms. The highest BCUT2D eigenvalue weighted by Gasteiger charge is 2.21. The Labute approximate surface area is 138 Å². The van der Waals surface area contributed by atoms with Crippen molar-refractivity contribution in [3.8, 4) is 11.5 Å². The molecule has 8 nitrogen and oxygen atoms in total. The molecule has 2 aromatic rings. The third-order valence-corrected chi connectivity index (χ3v) is 3.45. The molecular formula is C16H17N3O5. The van der Waals surface area contributed by atoms with E-state index in [0.717, 1.165) is 0 Å². The number of hydrogen-bond donors (Lipinski definition) is 3. The first-order chi connectivity index (χ1) is 11.6. The van der Waals surface area contributed by atoms with E-state index in [1.54, 1.807) is 13.0 Å². The maximum absolute atomic E-state index is 11.8. The molecule has 0 saturated heterocycles. The summed E-state index contributed by atoms with van der Waals surface area (Å²) in [7, 11) is 0. The number of rotatable bonds is 3. The molecule has 126 valence electrons. The minimum absolute atomic E-state index is 0.237. The van der Waals surface area contributed by atoms with E-state index in [1.807, 2.05) is 18.2 Å². The average Bonchev–Trinajstić information content (AvgIpc) is 3.03. The number of furan rings is 1. The van der Waals surface area contributed by atoms with E-state index in [-0.39, 0.29) is 12.6 Å². The number of nitrogens with one attached hydrogen (secondary N) is 3. The fourth-order valence-corrected chi connectivity index (χ4v) is 2.22. The third kappa shape index (κ3) is 3.60. The summed E-state index contributed by atoms with van der Waals surface area (Å²) in [6.45, 7) is 2.23. The number of benzene rings is 1. The molecule has 2 heterocycles. The molecule has 1 aliphatic rings. The molecule has 0 fully saturated rings. The van der Waals surface area contributed by atoms with E-state index in [2.05, 4.69) is 16.2 Å². The van der Waals surface area contributed by atoms with Crippen LogP contribution < -0.4 is 25.6 Å². The molecule has 3 N–H and O–H groups in total. The Hall–Kier alpha value is -3.16. The fourth-order valence-electron chi connectivity index (χ4n) is 2.22. The van der Waals surface area contributed by atoms with Crippen molar-refractivity contribution in [2.45, 2.75) is 13.0 Å². The van der Waals surface area contributed by atoms with Crippen LogP contribution in [0.2, 0.25) is 0 Å². The largest absolute Gasteiger partial charge is 0.486 e. The van der Waals surface area contributed by atoms with E-state index in [9.17, 15) is 9.59 Å². The van der Waals surface area contributed by atoms with Gasteiger partial charge in [0.05, 0.1) is 18.4 Å². The number of fused-ring (bicyclic) bond motifs is 1. The molecule has 24 heavy (non-hydrogen) atoms. The number of ether oxygens (including phenoxy) is 2. The van der Waals surface area contributed by atoms with Crippen molar-refractivity contribution < 1.29 is 23.5 Å². The molecule has 1 atom stereocenters. The van der Waals surface area contributed by atoms with Gasteiger partial charge in [-0.1, -0.05) is 12.1 Å². The summed E-state index contributed by atoms with van der Waals surface area (Å²) in [6, 6.07) is 8.30. The maximum atomic E-state index is 11.8. The lowest BCUT2D eigenvalue weighted by atomic mass is 10.2. The van der Waals surface area contributed by atoms with Crippen LogP contribution in [0.1, 0.15) is 16.1 Å². The van der Waals surface area contributed by atoms with Crippen LogP contribution in [-0.4, -0.2) is 31.2 Å². The summed E-state index contributed by atoms with van der Waals surface area (Å²) in [5, 5.41) is 2.61. The molecule has 0 radical (unpaired) electrons. The number of carbonyl (C=O) groups excluding carboxylic acids is 2. The Kier molecular flexibility index (Phi) is 4.55. The molecular weight excluding hydrogens is 314 g/mol. The number of hydrogen-bond acceptors (Lipinski definition) is 5. The lowest BCUT2D eigenvalue weighted by Gasteiger charge is -2.26. The zero-order chi connectivity index (χ0) is 16.9. The number of hydrazine groups is 1. The highest BCUT2D eigenvalue weighted by molar-refractivity contribution is 5.96. The van der Waals surface area contributed by atoms with Gasteiger partial charge in [-0.3, -0.25) is 10.2 Å². The van der Waals surface area contributed by atoms with Gasteiger partial charge in [0, 0.05) is 0 Å². The Morgan fingerprint density at radius 2 is 1.96 bits per heavy atom. The Bertz CT molecular complexity index is 743. The first-order valence-corrected chi connectivity index (χ1v) is 7.40. The first-order valence-electron chi connectivity index (χ1n) is 7.40. The van der Waals surface area contributed by atoms with Crippen molar-refractivity contribution in [3.63, 3.8) is 0 Å². The number of para-hydroxylation sites is 2. The van der Waals surface area contributed by atoms with Gasteiger partial charge < -0.3 is 19.2 Å².